The lowest BCUT2D eigenvalue weighted by Gasteiger charge is -2.34. The Labute approximate surface area is 484 Å². The molecule has 1 aromatic carbocycles. The summed E-state index contributed by atoms with van der Waals surface area (Å²) in [6.07, 6.45) is 10.7. The topological polar surface area (TPSA) is 267 Å². The molecule has 2 aliphatic heterocycles. The third-order valence-electron chi connectivity index (χ3n) is 14.1. The van der Waals surface area contributed by atoms with E-state index in [0.29, 0.717) is 38.1 Å². The molecule has 23 heteroatoms. The third kappa shape index (κ3) is 13.7. The molecular formula is C60H70N14O8S. The molecular weight excluding hydrogens is 1080 g/mol. The maximum Gasteiger partial charge on any atom is 0.410 e. The van der Waals surface area contributed by atoms with Gasteiger partial charge in [0.25, 0.3) is 0 Å². The molecule has 0 bridgehead atoms. The highest BCUT2D eigenvalue weighted by Crippen LogP contribution is 2.37. The number of para-hydroxylation sites is 1. The van der Waals surface area contributed by atoms with Crippen LogP contribution in [-0.2, 0) is 21.0 Å². The first kappa shape index (κ1) is 58.8. The number of piperidine rings is 2. The van der Waals surface area contributed by atoms with Crippen molar-refractivity contribution in [1.29, 1.82) is 0 Å². The molecule has 0 saturated carbocycles. The van der Waals surface area contributed by atoms with Crippen LogP contribution in [0.4, 0.5) is 21.5 Å². The maximum absolute atomic E-state index is 12.7. The van der Waals surface area contributed by atoms with E-state index in [1.165, 1.54) is 0 Å². The Morgan fingerprint density at radius 3 is 1.60 bits per heavy atom. The number of ether oxygens (including phenoxy) is 2. The molecule has 2 saturated heterocycles. The largest absolute Gasteiger partial charge is 0.444 e. The zero-order valence-corrected chi connectivity index (χ0v) is 49.7. The van der Waals surface area contributed by atoms with E-state index < -0.39 is 22.8 Å². The quantitative estimate of drug-likeness (QED) is 0.121. The summed E-state index contributed by atoms with van der Waals surface area (Å²) in [5.74, 6) is 2.54. The fourth-order valence-corrected chi connectivity index (χ4v) is 10.4. The smallest absolute Gasteiger partial charge is 0.410 e. The van der Waals surface area contributed by atoms with Crippen LogP contribution < -0.4 is 10.6 Å². The number of carbonyl (C=O) groups is 2. The number of fused-ring (bicyclic) bond motifs is 2. The van der Waals surface area contributed by atoms with Gasteiger partial charge in [-0.05, 0) is 156 Å². The monoisotopic (exact) mass is 1150 g/mol. The van der Waals surface area contributed by atoms with Crippen LogP contribution in [0.2, 0.25) is 0 Å². The number of amides is 2. The number of nitrogens with one attached hydrogen (secondary N) is 3. The maximum atomic E-state index is 12.7. The highest BCUT2D eigenvalue weighted by atomic mass is 32.1. The molecule has 0 aliphatic carbocycles. The molecule has 0 unspecified atom stereocenters. The Morgan fingerprint density at radius 1 is 0.639 bits per heavy atom. The van der Waals surface area contributed by atoms with Crippen molar-refractivity contribution in [1.82, 2.24) is 59.6 Å². The van der Waals surface area contributed by atoms with Gasteiger partial charge in [-0.3, -0.25) is 0 Å². The first-order valence-corrected chi connectivity index (χ1v) is 28.3. The van der Waals surface area contributed by atoms with Crippen molar-refractivity contribution in [2.24, 2.45) is 0 Å². The molecule has 2 atom stereocenters. The summed E-state index contributed by atoms with van der Waals surface area (Å²) in [7, 11) is 0. The zero-order valence-electron chi connectivity index (χ0n) is 48.9. The highest BCUT2D eigenvalue weighted by Gasteiger charge is 2.31. The summed E-state index contributed by atoms with van der Waals surface area (Å²) in [6.45, 7) is 25.4. The summed E-state index contributed by atoms with van der Waals surface area (Å²) in [5.41, 5.74) is 12.0. The fourth-order valence-electron chi connectivity index (χ4n) is 10.4. The van der Waals surface area contributed by atoms with Gasteiger partial charge in [-0.2, -0.15) is 8.42 Å². The van der Waals surface area contributed by atoms with E-state index >= 15 is 0 Å². The van der Waals surface area contributed by atoms with E-state index in [2.05, 4.69) is 64.9 Å². The molecule has 3 N–H and O–H groups in total. The van der Waals surface area contributed by atoms with Crippen molar-refractivity contribution in [3.8, 4) is 50.7 Å². The first-order valence-electron chi connectivity index (χ1n) is 27.6. The highest BCUT2D eigenvalue weighted by molar-refractivity contribution is 7.51. The van der Waals surface area contributed by atoms with Gasteiger partial charge >= 0.3 is 23.8 Å². The fraction of sp³-hybridized carbons (Fsp3) is 0.400. The van der Waals surface area contributed by atoms with Crippen molar-refractivity contribution in [2.75, 3.05) is 36.8 Å². The Balaban J connectivity index is 0.000000193. The number of rotatable bonds is 9. The van der Waals surface area contributed by atoms with E-state index in [4.69, 9.17) is 46.9 Å². The third-order valence-corrected chi connectivity index (χ3v) is 14.1. The van der Waals surface area contributed by atoms with E-state index in [0.717, 1.165) is 133 Å². The van der Waals surface area contributed by atoms with Crippen LogP contribution in [0.1, 0.15) is 101 Å². The summed E-state index contributed by atoms with van der Waals surface area (Å²) in [5, 5.41) is 17.0. The number of likely N-dealkylation sites (tertiary alicyclic amines) is 2. The molecule has 434 valence electrons. The zero-order chi connectivity index (χ0) is 59.3. The number of H-pyrrole nitrogens is 1. The predicted octanol–water partition coefficient (Wildman–Crippen LogP) is 11.6. The minimum absolute atomic E-state index is 0.0155. The minimum Gasteiger partial charge on any atom is -0.444 e. The molecule has 22 nitrogen and oxygen atoms in total. The van der Waals surface area contributed by atoms with Gasteiger partial charge in [0.15, 0.2) is 0 Å². The summed E-state index contributed by atoms with van der Waals surface area (Å²) in [6, 6.07) is 18.3. The normalized spacial score (nSPS) is 15.5. The molecule has 2 amide bonds. The average molecular weight is 1150 g/mol. The van der Waals surface area contributed by atoms with Crippen molar-refractivity contribution >= 4 is 57.7 Å². The lowest BCUT2D eigenvalue weighted by atomic mass is 10.1. The van der Waals surface area contributed by atoms with Gasteiger partial charge < -0.3 is 48.5 Å². The Bertz CT molecular complexity index is 3790. The van der Waals surface area contributed by atoms with Gasteiger partial charge in [0, 0.05) is 90.6 Å². The van der Waals surface area contributed by atoms with Crippen molar-refractivity contribution < 1.29 is 36.5 Å². The van der Waals surface area contributed by atoms with Crippen LogP contribution in [0, 0.1) is 41.5 Å². The van der Waals surface area contributed by atoms with Crippen LogP contribution in [0.15, 0.2) is 88.4 Å². The molecule has 8 aromatic heterocycles. The van der Waals surface area contributed by atoms with Crippen LogP contribution in [-0.4, -0.2) is 130 Å². The number of aromatic amines is 1. The molecule has 83 heavy (non-hydrogen) atoms. The number of hydrogen-bond donors (Lipinski definition) is 3. The molecule has 0 spiro atoms. The molecule has 9 aromatic rings. The van der Waals surface area contributed by atoms with Gasteiger partial charge in [-0.1, -0.05) is 28.5 Å². The summed E-state index contributed by atoms with van der Waals surface area (Å²) >= 11 is -0.750. The van der Waals surface area contributed by atoms with Gasteiger partial charge in [0.05, 0.1) is 45.3 Å². The second-order valence-corrected chi connectivity index (χ2v) is 23.0. The Morgan fingerprint density at radius 2 is 1.12 bits per heavy atom. The van der Waals surface area contributed by atoms with Crippen LogP contribution >= 0.6 is 0 Å². The number of aryl methyl sites for hydroxylation is 6. The molecule has 11 rings (SSSR count). The summed E-state index contributed by atoms with van der Waals surface area (Å²) in [4.78, 5) is 61.0. The van der Waals surface area contributed by atoms with Crippen LogP contribution in [0.3, 0.4) is 0 Å². The second-order valence-electron chi connectivity index (χ2n) is 22.8. The molecule has 0 radical (unpaired) electrons. The number of nitrogens with zero attached hydrogens (tertiary/aromatic N) is 11. The lowest BCUT2D eigenvalue weighted by molar-refractivity contribution is 0.0196. The Hall–Kier alpha value is -8.86. The minimum atomic E-state index is -0.750. The van der Waals surface area contributed by atoms with Crippen molar-refractivity contribution in [3.05, 3.63) is 113 Å². The number of aromatic nitrogens is 10. The number of benzene rings is 1. The average Bonchev–Trinajstić information content (AvgIpc) is 2.92. The van der Waals surface area contributed by atoms with E-state index in [9.17, 15) is 9.59 Å². The van der Waals surface area contributed by atoms with Crippen LogP contribution in [0.5, 0.6) is 0 Å². The van der Waals surface area contributed by atoms with Gasteiger partial charge in [-0.25, -0.2) is 39.5 Å². The van der Waals surface area contributed by atoms with E-state index in [-0.39, 0.29) is 24.3 Å². The lowest BCUT2D eigenvalue weighted by Crippen LogP contribution is -2.47. The number of hydrogen-bond acceptors (Lipinski definition) is 18. The number of anilines is 2. The predicted molar refractivity (Wildman–Crippen MR) is 316 cm³/mol. The van der Waals surface area contributed by atoms with E-state index in [1.807, 2.05) is 138 Å². The van der Waals surface area contributed by atoms with E-state index in [1.54, 1.807) is 9.80 Å². The van der Waals surface area contributed by atoms with Gasteiger partial charge in [0.1, 0.15) is 34.0 Å². The first-order chi connectivity index (χ1) is 39.6. The van der Waals surface area contributed by atoms with Gasteiger partial charge in [0.2, 0.25) is 11.9 Å². The SMILES string of the molecule is Cc1cnc(N[C@H]2CCCN(C(=O)OC(C)(C)C)C2)nc1-c1c[nH]c2nc(-c3c(C)noc3C)ccc12.Cc1cnc(N[C@H]2CCCN(C(=O)OC(C)(C)C)C2)nc1-c1cn(-c2ccccc2)c2nc(-c3c(C)noc3C)ccc12.O=S=O. The number of pyridine rings is 2. The van der Waals surface area contributed by atoms with Crippen LogP contribution in [0.25, 0.3) is 72.8 Å². The van der Waals surface area contributed by atoms with Crippen molar-refractivity contribution in [3.63, 3.8) is 0 Å². The molecule has 10 heterocycles. The molecule has 2 fully saturated rings. The van der Waals surface area contributed by atoms with Gasteiger partial charge in [-0.15, -0.1) is 0 Å². The molecule has 2 aliphatic rings. The number of carbonyl (C=O) groups excluding carboxylic acids is 2. The summed E-state index contributed by atoms with van der Waals surface area (Å²) < 4.78 is 40.6. The Kier molecular flexibility index (Phi) is 17.5. The van der Waals surface area contributed by atoms with Crippen molar-refractivity contribution in [2.45, 2.75) is 132 Å². The standard InChI is InChI=1S/C33H37N7O3.C27H33N7O3.O2S/c1-20-17-34-31(35-23-11-10-16-39(18-23)32(41)42-33(4,5)6)37-29(20)26-19-40(24-12-8-7-9-13-24)30-25(26)14-15-27(36-30)28-21(2)38-43-22(28)3;1-15-12-29-25(30-18-8-7-11-34(14-18)26(35)36-27(4,5)6)32-23(15)20-13-28-24-19(20)9-10-21(31-24)22-16(2)33-37-17(22)3;1-3-2/h7-9,12-15,17,19,23H,10-11,16,18H2,1-6H3,(H,34,35,37);9-10,12-13,18H,7-8,11,14H2,1-6H3,(H,28,31)(H,29,30,32);/t23-;18-;/m00./s1. The second kappa shape index (κ2) is 24.7.